The molecule has 0 saturated heterocycles. The summed E-state index contributed by atoms with van der Waals surface area (Å²) in [5.41, 5.74) is -3.53. The molecule has 0 aliphatic carbocycles. The third kappa shape index (κ3) is 1.82. The molecule has 0 spiro atoms. The average Bonchev–Trinajstić information content (AvgIpc) is 2.43. The first-order valence-electron chi connectivity index (χ1n) is 6.05. The van der Waals surface area contributed by atoms with Gasteiger partial charge in [0.25, 0.3) is 0 Å². The van der Waals surface area contributed by atoms with Crippen molar-refractivity contribution in [2.75, 3.05) is 11.9 Å². The molecule has 0 saturated carbocycles. The van der Waals surface area contributed by atoms with E-state index >= 15 is 0 Å². The molecule has 21 heavy (non-hydrogen) atoms. The van der Waals surface area contributed by atoms with Crippen molar-refractivity contribution in [1.29, 1.82) is 0 Å². The lowest BCUT2D eigenvalue weighted by Gasteiger charge is -2.40. The molecule has 0 fully saturated rings. The van der Waals surface area contributed by atoms with Crippen LogP contribution in [0, 0.1) is 0 Å². The van der Waals surface area contributed by atoms with Crippen LogP contribution in [0.25, 0.3) is 0 Å². The second kappa shape index (κ2) is 4.35. The highest BCUT2D eigenvalue weighted by Gasteiger charge is 2.60. The smallest absolute Gasteiger partial charge is 0.372 e. The molecule has 1 aliphatic rings. The van der Waals surface area contributed by atoms with Crippen LogP contribution in [-0.2, 0) is 5.60 Å². The number of nitrogens with zero attached hydrogens (tertiary/aromatic N) is 2. The molecule has 0 amide bonds. The van der Waals surface area contributed by atoms with Crippen molar-refractivity contribution < 1.29 is 18.3 Å². The molecule has 1 aliphatic heterocycles. The molecule has 1 N–H and O–H groups in total. The summed E-state index contributed by atoms with van der Waals surface area (Å²) < 4.78 is 40.8. The fourth-order valence-corrected chi connectivity index (χ4v) is 2.77. The number of hydrogen-bond acceptors (Lipinski definition) is 3. The molecule has 1 unspecified atom stereocenters. The highest BCUT2D eigenvalue weighted by molar-refractivity contribution is 6.30. The van der Waals surface area contributed by atoms with Crippen LogP contribution in [0.15, 0.2) is 36.5 Å². The Bertz CT molecular complexity index is 720. The van der Waals surface area contributed by atoms with Gasteiger partial charge in [-0.25, -0.2) is 4.98 Å². The third-order valence-corrected chi connectivity index (χ3v) is 3.85. The molecular formula is C14H10ClF3N2O. The Morgan fingerprint density at radius 1 is 1.24 bits per heavy atom. The zero-order valence-electron chi connectivity index (χ0n) is 10.8. The Balaban J connectivity index is 2.41. The first-order valence-corrected chi connectivity index (χ1v) is 6.43. The third-order valence-electron chi connectivity index (χ3n) is 3.61. The second-order valence-electron chi connectivity index (χ2n) is 4.80. The Morgan fingerprint density at radius 2 is 1.95 bits per heavy atom. The van der Waals surface area contributed by atoms with Crippen LogP contribution in [0.2, 0.25) is 5.02 Å². The van der Waals surface area contributed by atoms with Crippen LogP contribution in [0.3, 0.4) is 0 Å². The van der Waals surface area contributed by atoms with E-state index in [0.717, 1.165) is 6.07 Å². The predicted molar refractivity (Wildman–Crippen MR) is 72.8 cm³/mol. The lowest BCUT2D eigenvalue weighted by Crippen LogP contribution is -2.47. The number of benzene rings is 1. The van der Waals surface area contributed by atoms with Crippen LogP contribution in [0.5, 0.6) is 0 Å². The van der Waals surface area contributed by atoms with Gasteiger partial charge in [-0.1, -0.05) is 17.7 Å². The molecule has 0 bridgehead atoms. The number of hydrogen-bond donors (Lipinski definition) is 1. The van der Waals surface area contributed by atoms with Gasteiger partial charge in [-0.15, -0.1) is 0 Å². The molecule has 0 radical (unpaired) electrons. The van der Waals surface area contributed by atoms with E-state index in [-0.39, 0.29) is 27.7 Å². The first kappa shape index (κ1) is 14.2. The number of aromatic nitrogens is 1. The van der Waals surface area contributed by atoms with Crippen molar-refractivity contribution in [2.24, 2.45) is 0 Å². The summed E-state index contributed by atoms with van der Waals surface area (Å²) in [5, 5.41) is 10.6. The Kier molecular flexibility index (Phi) is 2.93. The van der Waals surface area contributed by atoms with E-state index in [1.165, 1.54) is 35.4 Å². The molecule has 1 atom stereocenters. The molecule has 3 nitrogen and oxygen atoms in total. The lowest BCUT2D eigenvalue weighted by atomic mass is 9.81. The summed E-state index contributed by atoms with van der Waals surface area (Å²) in [7, 11) is 1.59. The topological polar surface area (TPSA) is 36.4 Å². The highest BCUT2D eigenvalue weighted by Crippen LogP contribution is 2.53. The van der Waals surface area contributed by atoms with Crippen molar-refractivity contribution in [3.8, 4) is 0 Å². The van der Waals surface area contributed by atoms with E-state index in [1.54, 1.807) is 7.05 Å². The molecule has 1 aromatic heterocycles. The predicted octanol–water partition coefficient (Wildman–Crippen LogP) is 3.61. The van der Waals surface area contributed by atoms with Crippen molar-refractivity contribution in [2.45, 2.75) is 11.8 Å². The highest BCUT2D eigenvalue weighted by atomic mass is 35.5. The summed E-state index contributed by atoms with van der Waals surface area (Å²) in [6.45, 7) is 0. The van der Waals surface area contributed by atoms with Gasteiger partial charge in [-0.2, -0.15) is 13.2 Å². The number of anilines is 2. The van der Waals surface area contributed by atoms with Gasteiger partial charge in [0.2, 0.25) is 5.60 Å². The van der Waals surface area contributed by atoms with E-state index in [1.807, 2.05) is 0 Å². The van der Waals surface area contributed by atoms with Crippen molar-refractivity contribution in [1.82, 2.24) is 4.98 Å². The number of fused-ring (bicyclic) bond motifs is 2. The summed E-state index contributed by atoms with van der Waals surface area (Å²) in [6, 6.07) is 6.62. The maximum Gasteiger partial charge on any atom is 0.425 e. The summed E-state index contributed by atoms with van der Waals surface area (Å²) in [6.07, 6.45) is -3.52. The number of alkyl halides is 3. The van der Waals surface area contributed by atoms with Gasteiger partial charge in [0.1, 0.15) is 5.82 Å². The molecule has 7 heteroatoms. The van der Waals surface area contributed by atoms with Crippen LogP contribution in [0.4, 0.5) is 24.7 Å². The van der Waals surface area contributed by atoms with Gasteiger partial charge in [0.05, 0.1) is 0 Å². The summed E-state index contributed by atoms with van der Waals surface area (Å²) in [4.78, 5) is 5.46. The van der Waals surface area contributed by atoms with Crippen LogP contribution < -0.4 is 4.90 Å². The number of aliphatic hydroxyl groups is 1. The number of pyridine rings is 1. The standard InChI is InChI=1S/C14H10ClF3N2O/c1-20-11-5-4-8(15)7-10(11)13(21,14(16,17)18)9-3-2-6-19-12(9)20/h2-7,21H,1H3. The molecule has 2 heterocycles. The van der Waals surface area contributed by atoms with Crippen LogP contribution in [-0.4, -0.2) is 23.3 Å². The monoisotopic (exact) mass is 314 g/mol. The summed E-state index contributed by atoms with van der Waals surface area (Å²) >= 11 is 5.82. The van der Waals surface area contributed by atoms with Crippen molar-refractivity contribution >= 4 is 23.1 Å². The van der Waals surface area contributed by atoms with Crippen molar-refractivity contribution in [3.05, 3.63) is 52.7 Å². The van der Waals surface area contributed by atoms with Gasteiger partial charge in [-0.3, -0.25) is 0 Å². The minimum Gasteiger partial charge on any atom is -0.372 e. The van der Waals surface area contributed by atoms with Gasteiger partial charge in [0.15, 0.2) is 0 Å². The number of rotatable bonds is 0. The normalized spacial score (nSPS) is 21.0. The second-order valence-corrected chi connectivity index (χ2v) is 5.24. The van der Waals surface area contributed by atoms with E-state index in [9.17, 15) is 18.3 Å². The molecule has 110 valence electrons. The van der Waals surface area contributed by atoms with Crippen LogP contribution >= 0.6 is 11.6 Å². The van der Waals surface area contributed by atoms with Crippen molar-refractivity contribution in [3.63, 3.8) is 0 Å². The number of halogens is 4. The van der Waals surface area contributed by atoms with Gasteiger partial charge in [-0.05, 0) is 24.3 Å². The first-order chi connectivity index (χ1) is 9.76. The molecule has 2 aromatic rings. The fourth-order valence-electron chi connectivity index (χ4n) is 2.60. The Morgan fingerprint density at radius 3 is 2.62 bits per heavy atom. The largest absolute Gasteiger partial charge is 0.425 e. The quantitative estimate of drug-likeness (QED) is 0.807. The maximum atomic E-state index is 13.6. The zero-order chi connectivity index (χ0) is 15.4. The van der Waals surface area contributed by atoms with Crippen LogP contribution in [0.1, 0.15) is 11.1 Å². The molecule has 3 rings (SSSR count). The lowest BCUT2D eigenvalue weighted by molar-refractivity contribution is -0.248. The van der Waals surface area contributed by atoms with Gasteiger partial charge >= 0.3 is 6.18 Å². The Labute approximate surface area is 123 Å². The van der Waals surface area contributed by atoms with E-state index in [2.05, 4.69) is 4.98 Å². The maximum absolute atomic E-state index is 13.6. The van der Waals surface area contributed by atoms with E-state index in [4.69, 9.17) is 11.6 Å². The Hall–Kier alpha value is -1.79. The molecular weight excluding hydrogens is 305 g/mol. The SMILES string of the molecule is CN1c2ccc(Cl)cc2C(O)(C(F)(F)F)c2cccnc21. The van der Waals surface area contributed by atoms with Gasteiger partial charge < -0.3 is 10.0 Å². The summed E-state index contributed by atoms with van der Waals surface area (Å²) in [5.74, 6) is 0.0622. The minimum absolute atomic E-state index is 0.0622. The fraction of sp³-hybridized carbons (Fsp3) is 0.214. The van der Waals surface area contributed by atoms with E-state index < -0.39 is 11.8 Å². The average molecular weight is 315 g/mol. The van der Waals surface area contributed by atoms with E-state index in [0.29, 0.717) is 0 Å². The zero-order valence-corrected chi connectivity index (χ0v) is 11.6. The van der Waals surface area contributed by atoms with Gasteiger partial charge in [0, 0.05) is 35.1 Å². The minimum atomic E-state index is -4.90. The molecule has 1 aromatic carbocycles.